The number of rotatable bonds is 8. The normalized spacial score (nSPS) is 12.9. The van der Waals surface area contributed by atoms with Crippen molar-refractivity contribution in [1.82, 2.24) is 9.88 Å². The number of nitrogens with zero attached hydrogens (tertiary/aromatic N) is 1. The highest BCUT2D eigenvalue weighted by Gasteiger charge is 2.25. The molecule has 0 bridgehead atoms. The number of benzene rings is 3. The molecule has 1 aliphatic rings. The molecule has 2 N–H and O–H groups in total. The topological polar surface area (TPSA) is 81.6 Å². The lowest BCUT2D eigenvalue weighted by molar-refractivity contribution is -0.126. The lowest BCUT2D eigenvalue weighted by atomic mass is 10.00. The molecule has 196 valence electrons. The van der Waals surface area contributed by atoms with Crippen molar-refractivity contribution in [1.29, 1.82) is 0 Å². The van der Waals surface area contributed by atoms with Crippen molar-refractivity contribution in [2.45, 2.75) is 53.1 Å². The number of nitrogens with one attached hydrogen (secondary N) is 2. The van der Waals surface area contributed by atoms with Crippen LogP contribution < -0.4 is 20.1 Å². The van der Waals surface area contributed by atoms with Gasteiger partial charge in [-0.15, -0.1) is 0 Å². The monoisotopic (exact) mass is 511 g/mol. The van der Waals surface area contributed by atoms with Gasteiger partial charge in [-0.25, -0.2) is 0 Å². The molecule has 1 aliphatic heterocycles. The third-order valence-corrected chi connectivity index (χ3v) is 7.23. The van der Waals surface area contributed by atoms with Gasteiger partial charge in [0, 0.05) is 35.8 Å². The Labute approximate surface area is 222 Å². The molecule has 2 heterocycles. The molecule has 0 saturated heterocycles. The fraction of sp³-hybridized carbons (Fsp3) is 0.290. The van der Waals surface area contributed by atoms with Crippen molar-refractivity contribution in [3.8, 4) is 11.5 Å². The number of ether oxygens (including phenoxy) is 2. The molecule has 0 radical (unpaired) electrons. The Morgan fingerprint density at radius 3 is 2.45 bits per heavy atom. The Morgan fingerprint density at radius 1 is 0.947 bits per heavy atom. The van der Waals surface area contributed by atoms with Gasteiger partial charge in [0.1, 0.15) is 6.04 Å². The molecule has 0 unspecified atom stereocenters. The van der Waals surface area contributed by atoms with Gasteiger partial charge in [0.15, 0.2) is 11.5 Å². The molecule has 3 aromatic carbocycles. The molecule has 0 aliphatic carbocycles. The Hall–Kier alpha value is -4.26. The van der Waals surface area contributed by atoms with Crippen LogP contribution >= 0.6 is 0 Å². The lowest BCUT2D eigenvalue weighted by Crippen LogP contribution is -2.45. The number of hydrogen-bond acceptors (Lipinski definition) is 4. The first kappa shape index (κ1) is 25.4. The van der Waals surface area contributed by atoms with E-state index in [4.69, 9.17) is 9.47 Å². The van der Waals surface area contributed by atoms with Crippen LogP contribution in [0.2, 0.25) is 0 Å². The SMILES string of the molecule is CCn1c(C)c(CC(=O)N[C@@H](Cc2ccccc2)C(=O)Nc2ccc3c(c2)OCO3)c2c(C)ccc(C)c21. The number of aryl methyl sites for hydroxylation is 3. The van der Waals surface area contributed by atoms with Crippen molar-refractivity contribution in [2.75, 3.05) is 12.1 Å². The fourth-order valence-electron chi connectivity index (χ4n) is 5.32. The van der Waals surface area contributed by atoms with Crippen molar-refractivity contribution in [2.24, 2.45) is 0 Å². The molecule has 7 nitrogen and oxygen atoms in total. The first-order valence-corrected chi connectivity index (χ1v) is 13.0. The quantitative estimate of drug-likeness (QED) is 0.340. The van der Waals surface area contributed by atoms with E-state index in [2.05, 4.69) is 55.0 Å². The van der Waals surface area contributed by atoms with Crippen molar-refractivity contribution in [3.05, 3.63) is 88.6 Å². The largest absolute Gasteiger partial charge is 0.454 e. The van der Waals surface area contributed by atoms with Crippen molar-refractivity contribution < 1.29 is 19.1 Å². The first-order chi connectivity index (χ1) is 18.4. The summed E-state index contributed by atoms with van der Waals surface area (Å²) in [6.45, 7) is 9.36. The van der Waals surface area contributed by atoms with Gasteiger partial charge in [-0.2, -0.15) is 0 Å². The molecule has 0 fully saturated rings. The summed E-state index contributed by atoms with van der Waals surface area (Å²) in [5.41, 5.74) is 7.14. The molecule has 0 spiro atoms. The molecule has 1 atom stereocenters. The van der Waals surface area contributed by atoms with Crippen LogP contribution in [0.3, 0.4) is 0 Å². The van der Waals surface area contributed by atoms with Gasteiger partial charge in [0.25, 0.3) is 0 Å². The second-order valence-electron chi connectivity index (χ2n) is 9.78. The van der Waals surface area contributed by atoms with Gasteiger partial charge in [-0.05, 0) is 62.1 Å². The average molecular weight is 512 g/mol. The molecule has 7 heteroatoms. The van der Waals surface area contributed by atoms with Crippen LogP contribution in [0, 0.1) is 20.8 Å². The highest BCUT2D eigenvalue weighted by molar-refractivity contribution is 5.99. The maximum Gasteiger partial charge on any atom is 0.247 e. The lowest BCUT2D eigenvalue weighted by Gasteiger charge is -2.19. The van der Waals surface area contributed by atoms with Crippen LogP contribution in [-0.2, 0) is 29.0 Å². The Bertz CT molecular complexity index is 1510. The second kappa shape index (κ2) is 10.6. The van der Waals surface area contributed by atoms with E-state index in [9.17, 15) is 9.59 Å². The van der Waals surface area contributed by atoms with Crippen LogP contribution in [0.4, 0.5) is 5.69 Å². The summed E-state index contributed by atoms with van der Waals surface area (Å²) in [7, 11) is 0. The van der Waals surface area contributed by atoms with Crippen molar-refractivity contribution >= 4 is 28.4 Å². The fourth-order valence-corrected chi connectivity index (χ4v) is 5.32. The number of fused-ring (bicyclic) bond motifs is 2. The van der Waals surface area contributed by atoms with Gasteiger partial charge in [-0.1, -0.05) is 42.5 Å². The van der Waals surface area contributed by atoms with Crippen LogP contribution in [0.25, 0.3) is 10.9 Å². The predicted octanol–water partition coefficient (Wildman–Crippen LogP) is 5.22. The van der Waals surface area contributed by atoms with Gasteiger partial charge in [-0.3, -0.25) is 9.59 Å². The predicted molar refractivity (Wildman–Crippen MR) is 149 cm³/mol. The van der Waals surface area contributed by atoms with Crippen LogP contribution in [0.1, 0.15) is 34.9 Å². The third kappa shape index (κ3) is 4.96. The molecular weight excluding hydrogens is 478 g/mol. The minimum atomic E-state index is -0.752. The zero-order chi connectivity index (χ0) is 26.8. The number of carbonyl (C=O) groups excluding carboxylic acids is 2. The van der Waals surface area contributed by atoms with Gasteiger partial charge < -0.3 is 24.7 Å². The van der Waals surface area contributed by atoms with E-state index in [0.29, 0.717) is 23.6 Å². The van der Waals surface area contributed by atoms with Gasteiger partial charge in [0.05, 0.1) is 11.9 Å². The maximum atomic E-state index is 13.5. The minimum Gasteiger partial charge on any atom is -0.454 e. The number of aromatic nitrogens is 1. The summed E-state index contributed by atoms with van der Waals surface area (Å²) < 4.78 is 13.1. The van der Waals surface area contributed by atoms with Crippen LogP contribution in [0.5, 0.6) is 11.5 Å². The number of amides is 2. The van der Waals surface area contributed by atoms with Gasteiger partial charge in [0.2, 0.25) is 18.6 Å². The highest BCUT2D eigenvalue weighted by Crippen LogP contribution is 2.34. The smallest absolute Gasteiger partial charge is 0.247 e. The Morgan fingerprint density at radius 2 is 1.68 bits per heavy atom. The molecule has 0 saturated carbocycles. The molecule has 38 heavy (non-hydrogen) atoms. The summed E-state index contributed by atoms with van der Waals surface area (Å²) in [4.78, 5) is 26.9. The molecule has 5 rings (SSSR count). The Balaban J connectivity index is 1.40. The molecule has 4 aromatic rings. The maximum absolute atomic E-state index is 13.5. The van der Waals surface area contributed by atoms with Crippen LogP contribution in [-0.4, -0.2) is 29.2 Å². The molecule has 2 amide bonds. The van der Waals surface area contributed by atoms with E-state index in [1.54, 1.807) is 18.2 Å². The highest BCUT2D eigenvalue weighted by atomic mass is 16.7. The summed E-state index contributed by atoms with van der Waals surface area (Å²) in [5.74, 6) is 0.746. The summed E-state index contributed by atoms with van der Waals surface area (Å²) in [6.07, 6.45) is 0.568. The average Bonchev–Trinajstić information content (AvgIpc) is 3.49. The number of anilines is 1. The van der Waals surface area contributed by atoms with Crippen LogP contribution in [0.15, 0.2) is 60.7 Å². The van der Waals surface area contributed by atoms with E-state index >= 15 is 0 Å². The van der Waals surface area contributed by atoms with E-state index in [1.165, 1.54) is 11.1 Å². The third-order valence-electron chi connectivity index (χ3n) is 7.23. The second-order valence-corrected chi connectivity index (χ2v) is 9.78. The van der Waals surface area contributed by atoms with E-state index in [1.807, 2.05) is 30.3 Å². The van der Waals surface area contributed by atoms with Gasteiger partial charge >= 0.3 is 0 Å². The minimum absolute atomic E-state index is 0.159. The number of hydrogen-bond donors (Lipinski definition) is 2. The first-order valence-electron chi connectivity index (χ1n) is 13.0. The molecule has 1 aromatic heterocycles. The number of carbonyl (C=O) groups is 2. The summed E-state index contributed by atoms with van der Waals surface area (Å²) in [5, 5.41) is 7.09. The standard InChI is InChI=1S/C31H33N3O4/c1-5-34-21(4)24(29-19(2)11-12-20(3)30(29)34)17-28(35)33-25(15-22-9-7-6-8-10-22)31(36)32-23-13-14-26-27(16-23)38-18-37-26/h6-14,16,25H,5,15,17-18H2,1-4H3,(H,32,36)(H,33,35)/t25-/m0/s1. The van der Waals surface area contributed by atoms with E-state index in [-0.39, 0.29) is 25.0 Å². The summed E-state index contributed by atoms with van der Waals surface area (Å²) in [6, 6.07) is 18.4. The van der Waals surface area contributed by atoms with E-state index < -0.39 is 6.04 Å². The zero-order valence-electron chi connectivity index (χ0n) is 22.3. The van der Waals surface area contributed by atoms with Crippen molar-refractivity contribution in [3.63, 3.8) is 0 Å². The zero-order valence-corrected chi connectivity index (χ0v) is 22.3. The van der Waals surface area contributed by atoms with E-state index in [0.717, 1.165) is 34.3 Å². The Kier molecular flexibility index (Phi) is 7.09. The molecular formula is C31H33N3O4. The summed E-state index contributed by atoms with van der Waals surface area (Å²) >= 11 is 0.